The van der Waals surface area contributed by atoms with Crippen molar-refractivity contribution >= 4 is 11.7 Å². The van der Waals surface area contributed by atoms with E-state index in [9.17, 15) is 23.7 Å². The van der Waals surface area contributed by atoms with E-state index >= 15 is 0 Å². The van der Waals surface area contributed by atoms with E-state index in [1.807, 2.05) is 0 Å². The lowest BCUT2D eigenvalue weighted by molar-refractivity contribution is -0.385. The predicted molar refractivity (Wildman–Crippen MR) is 66.5 cm³/mol. The molecule has 108 valence electrons. The zero-order valence-corrected chi connectivity index (χ0v) is 10.2. The SMILES string of the molecule is O=C(O)c1ccc(Oc2ccc(F)cc2F)c([N+](=O)[O-])c1. The molecule has 0 bridgehead atoms. The number of hydrogen-bond acceptors (Lipinski definition) is 4. The van der Waals surface area contributed by atoms with Crippen LogP contribution in [-0.4, -0.2) is 16.0 Å². The van der Waals surface area contributed by atoms with Gasteiger partial charge in [-0.25, -0.2) is 13.6 Å². The summed E-state index contributed by atoms with van der Waals surface area (Å²) in [7, 11) is 0. The van der Waals surface area contributed by atoms with Crippen LogP contribution in [0.15, 0.2) is 36.4 Å². The van der Waals surface area contributed by atoms with Gasteiger partial charge in [-0.2, -0.15) is 0 Å². The van der Waals surface area contributed by atoms with E-state index in [4.69, 9.17) is 9.84 Å². The molecule has 2 aromatic carbocycles. The summed E-state index contributed by atoms with van der Waals surface area (Å²) in [4.78, 5) is 20.8. The highest BCUT2D eigenvalue weighted by Gasteiger charge is 2.20. The zero-order chi connectivity index (χ0) is 15.6. The molecule has 1 N–H and O–H groups in total. The molecule has 0 fully saturated rings. The third-order valence-electron chi connectivity index (χ3n) is 2.52. The van der Waals surface area contributed by atoms with Crippen LogP contribution in [0.1, 0.15) is 10.4 Å². The largest absolute Gasteiger partial charge is 0.478 e. The third kappa shape index (κ3) is 3.11. The van der Waals surface area contributed by atoms with Gasteiger partial charge in [-0.1, -0.05) is 0 Å². The molecule has 0 spiro atoms. The summed E-state index contributed by atoms with van der Waals surface area (Å²) in [6, 6.07) is 5.36. The molecule has 0 aliphatic rings. The number of nitro groups is 1. The molecular weight excluding hydrogens is 288 g/mol. The summed E-state index contributed by atoms with van der Waals surface area (Å²) in [6.45, 7) is 0. The van der Waals surface area contributed by atoms with Crippen LogP contribution in [0.2, 0.25) is 0 Å². The van der Waals surface area contributed by atoms with Gasteiger partial charge >= 0.3 is 11.7 Å². The lowest BCUT2D eigenvalue weighted by Gasteiger charge is -2.07. The molecule has 2 aromatic rings. The Bertz CT molecular complexity index is 732. The number of rotatable bonds is 4. The van der Waals surface area contributed by atoms with Gasteiger partial charge in [0.2, 0.25) is 5.75 Å². The van der Waals surface area contributed by atoms with E-state index in [2.05, 4.69) is 0 Å². The van der Waals surface area contributed by atoms with E-state index in [0.717, 1.165) is 30.3 Å². The number of ether oxygens (including phenoxy) is 1. The fourth-order valence-corrected chi connectivity index (χ4v) is 1.56. The van der Waals surface area contributed by atoms with Crippen LogP contribution in [0.4, 0.5) is 14.5 Å². The van der Waals surface area contributed by atoms with Crippen LogP contribution in [0.3, 0.4) is 0 Å². The average molecular weight is 295 g/mol. The maximum absolute atomic E-state index is 13.4. The fraction of sp³-hybridized carbons (Fsp3) is 0. The molecule has 8 heteroatoms. The topological polar surface area (TPSA) is 89.7 Å². The highest BCUT2D eigenvalue weighted by molar-refractivity contribution is 5.88. The minimum atomic E-state index is -1.35. The molecule has 0 saturated heterocycles. The zero-order valence-electron chi connectivity index (χ0n) is 10.2. The first-order chi connectivity index (χ1) is 9.88. The molecule has 0 atom stereocenters. The van der Waals surface area contributed by atoms with Crippen LogP contribution in [0.25, 0.3) is 0 Å². The van der Waals surface area contributed by atoms with Gasteiger partial charge in [0.05, 0.1) is 10.5 Å². The second-order valence-corrected chi connectivity index (χ2v) is 3.92. The van der Waals surface area contributed by atoms with Gasteiger partial charge in [-0.15, -0.1) is 0 Å². The van der Waals surface area contributed by atoms with Crippen molar-refractivity contribution in [2.45, 2.75) is 0 Å². The first-order valence-corrected chi connectivity index (χ1v) is 5.53. The average Bonchev–Trinajstić information content (AvgIpc) is 2.41. The van der Waals surface area contributed by atoms with Crippen molar-refractivity contribution in [2.75, 3.05) is 0 Å². The Labute approximate surface area is 116 Å². The molecule has 0 amide bonds. The number of nitro benzene ring substituents is 1. The number of aromatic carboxylic acids is 1. The Kier molecular flexibility index (Phi) is 3.79. The minimum absolute atomic E-state index is 0.311. The number of nitrogens with zero attached hydrogens (tertiary/aromatic N) is 1. The van der Waals surface area contributed by atoms with Crippen molar-refractivity contribution in [2.24, 2.45) is 0 Å². The van der Waals surface area contributed by atoms with Gasteiger partial charge in [0, 0.05) is 12.1 Å². The van der Waals surface area contributed by atoms with Gasteiger partial charge in [-0.3, -0.25) is 10.1 Å². The van der Waals surface area contributed by atoms with Crippen molar-refractivity contribution in [1.82, 2.24) is 0 Å². The van der Waals surface area contributed by atoms with Crippen LogP contribution in [-0.2, 0) is 0 Å². The Morgan fingerprint density at radius 2 is 1.81 bits per heavy atom. The quantitative estimate of drug-likeness (QED) is 0.690. The number of carboxylic acids is 1. The van der Waals surface area contributed by atoms with Crippen molar-refractivity contribution in [3.63, 3.8) is 0 Å². The molecule has 0 radical (unpaired) electrons. The Morgan fingerprint density at radius 1 is 1.14 bits per heavy atom. The molecular formula is C13H7F2NO5. The molecule has 6 nitrogen and oxygen atoms in total. The molecule has 0 saturated carbocycles. The summed E-state index contributed by atoms with van der Waals surface area (Å²) in [6.07, 6.45) is 0. The Balaban J connectivity index is 2.44. The van der Waals surface area contributed by atoms with Crippen LogP contribution in [0.5, 0.6) is 11.5 Å². The van der Waals surface area contributed by atoms with Gasteiger partial charge in [0.25, 0.3) is 0 Å². The number of carboxylic acid groups (broad SMARTS) is 1. The maximum atomic E-state index is 13.4. The van der Waals surface area contributed by atoms with Crippen molar-refractivity contribution < 1.29 is 28.3 Å². The van der Waals surface area contributed by atoms with Gasteiger partial charge in [-0.05, 0) is 24.3 Å². The van der Waals surface area contributed by atoms with E-state index < -0.39 is 34.0 Å². The molecule has 0 heterocycles. The summed E-state index contributed by atoms with van der Waals surface area (Å²) in [5.41, 5.74) is -0.952. The van der Waals surface area contributed by atoms with E-state index in [0.29, 0.717) is 6.07 Å². The second kappa shape index (κ2) is 5.53. The number of hydrogen-bond donors (Lipinski definition) is 1. The third-order valence-corrected chi connectivity index (χ3v) is 2.52. The normalized spacial score (nSPS) is 10.2. The number of carbonyl (C=O) groups is 1. The molecule has 0 unspecified atom stereocenters. The van der Waals surface area contributed by atoms with Crippen LogP contribution >= 0.6 is 0 Å². The lowest BCUT2D eigenvalue weighted by Crippen LogP contribution is -2.00. The Morgan fingerprint density at radius 3 is 2.38 bits per heavy atom. The molecule has 0 aliphatic carbocycles. The van der Waals surface area contributed by atoms with E-state index in [1.165, 1.54) is 0 Å². The number of halogens is 2. The summed E-state index contributed by atoms with van der Waals surface area (Å²) in [5.74, 6) is -3.97. The number of benzene rings is 2. The van der Waals surface area contributed by atoms with Crippen LogP contribution in [0, 0.1) is 21.7 Å². The second-order valence-electron chi connectivity index (χ2n) is 3.92. The molecule has 2 rings (SSSR count). The predicted octanol–water partition coefficient (Wildman–Crippen LogP) is 3.36. The molecule has 21 heavy (non-hydrogen) atoms. The van der Waals surface area contributed by atoms with Crippen LogP contribution < -0.4 is 4.74 Å². The maximum Gasteiger partial charge on any atom is 0.335 e. The molecule has 0 aromatic heterocycles. The monoisotopic (exact) mass is 295 g/mol. The summed E-state index contributed by atoms with van der Waals surface area (Å²) >= 11 is 0. The summed E-state index contributed by atoms with van der Waals surface area (Å²) in [5, 5.41) is 19.7. The Hall–Kier alpha value is -3.03. The standard InChI is InChI=1S/C13H7F2NO5/c14-8-2-4-11(9(15)6-8)21-12-3-1-7(13(17)18)5-10(12)16(19)20/h1-6H,(H,17,18). The minimum Gasteiger partial charge on any atom is -0.478 e. The van der Waals surface area contributed by atoms with Crippen molar-refractivity contribution in [3.8, 4) is 11.5 Å². The first kappa shape index (κ1) is 14.4. The first-order valence-electron chi connectivity index (χ1n) is 5.53. The van der Waals surface area contributed by atoms with Gasteiger partial charge in [0.15, 0.2) is 11.6 Å². The highest BCUT2D eigenvalue weighted by atomic mass is 19.1. The lowest BCUT2D eigenvalue weighted by atomic mass is 10.2. The van der Waals surface area contributed by atoms with Crippen molar-refractivity contribution in [3.05, 3.63) is 63.7 Å². The highest BCUT2D eigenvalue weighted by Crippen LogP contribution is 2.33. The van der Waals surface area contributed by atoms with Gasteiger partial charge < -0.3 is 9.84 Å². The van der Waals surface area contributed by atoms with Gasteiger partial charge in [0.1, 0.15) is 5.82 Å². The summed E-state index contributed by atoms with van der Waals surface area (Å²) < 4.78 is 31.2. The van der Waals surface area contributed by atoms with E-state index in [1.54, 1.807) is 0 Å². The smallest absolute Gasteiger partial charge is 0.335 e. The fourth-order valence-electron chi connectivity index (χ4n) is 1.56. The van der Waals surface area contributed by atoms with Crippen molar-refractivity contribution in [1.29, 1.82) is 0 Å². The van der Waals surface area contributed by atoms with E-state index in [-0.39, 0.29) is 11.3 Å². The molecule has 0 aliphatic heterocycles.